The molecule has 2 rings (SSSR count). The number of hydrogen-bond donors (Lipinski definition) is 1. The standard InChI is InChI=1S/C13H15NO3/c1-8-5-4-6-9-11(8)14(3)10(15)7-13(9,2)12(16)17/h4-6H,7H2,1-3H3,(H,16,17)/t13-/m1/s1. The van der Waals surface area contributed by atoms with E-state index in [0.29, 0.717) is 5.56 Å². The molecule has 0 aliphatic carbocycles. The van der Waals surface area contributed by atoms with Crippen molar-refractivity contribution in [3.8, 4) is 0 Å². The Morgan fingerprint density at radius 3 is 2.71 bits per heavy atom. The summed E-state index contributed by atoms with van der Waals surface area (Å²) in [4.78, 5) is 24.9. The average molecular weight is 233 g/mol. The monoisotopic (exact) mass is 233 g/mol. The molecule has 0 unspecified atom stereocenters. The Morgan fingerprint density at radius 1 is 1.47 bits per heavy atom. The summed E-state index contributed by atoms with van der Waals surface area (Å²) >= 11 is 0. The Balaban J connectivity index is 2.74. The normalized spacial score (nSPS) is 23.5. The highest BCUT2D eigenvalue weighted by molar-refractivity contribution is 6.03. The summed E-state index contributed by atoms with van der Waals surface area (Å²) in [7, 11) is 1.69. The van der Waals surface area contributed by atoms with Crippen LogP contribution < -0.4 is 4.90 Å². The Kier molecular flexibility index (Phi) is 2.45. The van der Waals surface area contributed by atoms with Crippen molar-refractivity contribution >= 4 is 17.6 Å². The second-order valence-corrected chi connectivity index (χ2v) is 4.74. The molecule has 17 heavy (non-hydrogen) atoms. The third kappa shape index (κ3) is 1.52. The van der Waals surface area contributed by atoms with Crippen molar-refractivity contribution in [2.24, 2.45) is 0 Å². The van der Waals surface area contributed by atoms with Gasteiger partial charge < -0.3 is 10.0 Å². The number of aliphatic carboxylic acids is 1. The van der Waals surface area contributed by atoms with Gasteiger partial charge in [0.25, 0.3) is 0 Å². The number of carboxylic acids is 1. The van der Waals surface area contributed by atoms with Gasteiger partial charge in [-0.05, 0) is 25.0 Å². The molecule has 1 aromatic rings. The largest absolute Gasteiger partial charge is 0.481 e. The molecule has 0 saturated heterocycles. The van der Waals surface area contributed by atoms with Crippen LogP contribution in [0, 0.1) is 6.92 Å². The minimum absolute atomic E-state index is 0.00921. The molecule has 1 N–H and O–H groups in total. The van der Waals surface area contributed by atoms with Crippen LogP contribution in [-0.2, 0) is 15.0 Å². The van der Waals surface area contributed by atoms with E-state index in [4.69, 9.17) is 0 Å². The van der Waals surface area contributed by atoms with E-state index in [1.165, 1.54) is 0 Å². The lowest BCUT2D eigenvalue weighted by atomic mass is 9.75. The van der Waals surface area contributed by atoms with Gasteiger partial charge >= 0.3 is 5.97 Å². The van der Waals surface area contributed by atoms with Crippen molar-refractivity contribution in [2.45, 2.75) is 25.7 Å². The Bertz CT molecular complexity index is 509. The van der Waals surface area contributed by atoms with Gasteiger partial charge in [0.15, 0.2) is 0 Å². The van der Waals surface area contributed by atoms with Crippen LogP contribution in [0.4, 0.5) is 5.69 Å². The van der Waals surface area contributed by atoms with E-state index in [1.54, 1.807) is 24.9 Å². The summed E-state index contributed by atoms with van der Waals surface area (Å²) in [5.41, 5.74) is 1.25. The number of anilines is 1. The first-order valence-electron chi connectivity index (χ1n) is 5.48. The van der Waals surface area contributed by atoms with Crippen molar-refractivity contribution in [3.05, 3.63) is 29.3 Å². The Labute approximate surface area is 99.9 Å². The molecule has 1 aliphatic heterocycles. The van der Waals surface area contributed by atoms with Gasteiger partial charge in [-0.1, -0.05) is 18.2 Å². The molecule has 0 saturated carbocycles. The van der Waals surface area contributed by atoms with Gasteiger partial charge in [0.2, 0.25) is 5.91 Å². The molecule has 1 amide bonds. The summed E-state index contributed by atoms with van der Waals surface area (Å²) in [6.45, 7) is 3.49. The maximum Gasteiger partial charge on any atom is 0.314 e. The van der Waals surface area contributed by atoms with Crippen LogP contribution in [0.5, 0.6) is 0 Å². The average Bonchev–Trinajstić information content (AvgIpc) is 2.25. The van der Waals surface area contributed by atoms with Crippen LogP contribution in [0.3, 0.4) is 0 Å². The lowest BCUT2D eigenvalue weighted by Gasteiger charge is -2.37. The molecule has 1 heterocycles. The number of carbonyl (C=O) groups excluding carboxylic acids is 1. The number of carbonyl (C=O) groups is 2. The number of aryl methyl sites for hydroxylation is 1. The molecule has 0 spiro atoms. The quantitative estimate of drug-likeness (QED) is 0.803. The van der Waals surface area contributed by atoms with E-state index < -0.39 is 11.4 Å². The molecule has 1 aromatic carbocycles. The van der Waals surface area contributed by atoms with Crippen LogP contribution in [0.1, 0.15) is 24.5 Å². The number of rotatable bonds is 1. The van der Waals surface area contributed by atoms with Crippen LogP contribution in [0.15, 0.2) is 18.2 Å². The van der Waals surface area contributed by atoms with E-state index in [2.05, 4.69) is 0 Å². The lowest BCUT2D eigenvalue weighted by molar-refractivity contribution is -0.145. The highest BCUT2D eigenvalue weighted by Gasteiger charge is 2.44. The van der Waals surface area contributed by atoms with Gasteiger partial charge in [-0.3, -0.25) is 9.59 Å². The number of amides is 1. The zero-order chi connectivity index (χ0) is 12.8. The van der Waals surface area contributed by atoms with Crippen molar-refractivity contribution in [3.63, 3.8) is 0 Å². The van der Waals surface area contributed by atoms with Crippen LogP contribution in [0.2, 0.25) is 0 Å². The maximum absolute atomic E-state index is 11.9. The maximum atomic E-state index is 11.9. The summed E-state index contributed by atoms with van der Waals surface area (Å²) in [5, 5.41) is 9.37. The molecule has 0 radical (unpaired) electrons. The molecule has 1 aliphatic rings. The number of benzene rings is 1. The Hall–Kier alpha value is -1.84. The fraction of sp³-hybridized carbons (Fsp3) is 0.385. The first kappa shape index (κ1) is 11.6. The highest BCUT2D eigenvalue weighted by atomic mass is 16.4. The first-order chi connectivity index (χ1) is 7.88. The fourth-order valence-corrected chi connectivity index (χ4v) is 2.38. The zero-order valence-corrected chi connectivity index (χ0v) is 10.2. The van der Waals surface area contributed by atoms with E-state index in [0.717, 1.165) is 11.3 Å². The molecule has 1 atom stereocenters. The summed E-state index contributed by atoms with van der Waals surface area (Å²) in [6.07, 6.45) is 0.00921. The van der Waals surface area contributed by atoms with Crippen LogP contribution in [-0.4, -0.2) is 24.0 Å². The fourth-order valence-electron chi connectivity index (χ4n) is 2.38. The lowest BCUT2D eigenvalue weighted by Crippen LogP contribution is -2.45. The van der Waals surface area contributed by atoms with Gasteiger partial charge in [0, 0.05) is 13.5 Å². The minimum atomic E-state index is -1.12. The van der Waals surface area contributed by atoms with Crippen LogP contribution >= 0.6 is 0 Å². The third-order valence-electron chi connectivity index (χ3n) is 3.52. The molecule has 4 heteroatoms. The topological polar surface area (TPSA) is 57.6 Å². The van der Waals surface area contributed by atoms with Gasteiger partial charge in [-0.25, -0.2) is 0 Å². The molecule has 0 fully saturated rings. The number of para-hydroxylation sites is 1. The predicted octanol–water partition coefficient (Wildman–Crippen LogP) is 1.70. The number of hydrogen-bond acceptors (Lipinski definition) is 2. The van der Waals surface area contributed by atoms with E-state index in [-0.39, 0.29) is 12.3 Å². The smallest absolute Gasteiger partial charge is 0.314 e. The SMILES string of the molecule is Cc1cccc2c1N(C)C(=O)C[C@@]2(C)C(=O)O. The van der Waals surface area contributed by atoms with Gasteiger partial charge in [0.1, 0.15) is 5.41 Å². The molecule has 4 nitrogen and oxygen atoms in total. The van der Waals surface area contributed by atoms with Crippen molar-refractivity contribution in [1.29, 1.82) is 0 Å². The Morgan fingerprint density at radius 2 is 2.12 bits per heavy atom. The number of carboxylic acid groups (broad SMARTS) is 1. The summed E-state index contributed by atoms with van der Waals surface area (Å²) in [5.74, 6) is -1.11. The number of fused-ring (bicyclic) bond motifs is 1. The molecule has 0 bridgehead atoms. The highest BCUT2D eigenvalue weighted by Crippen LogP contribution is 2.41. The van der Waals surface area contributed by atoms with E-state index in [9.17, 15) is 14.7 Å². The first-order valence-corrected chi connectivity index (χ1v) is 5.48. The minimum Gasteiger partial charge on any atom is -0.481 e. The van der Waals surface area contributed by atoms with Crippen molar-refractivity contribution < 1.29 is 14.7 Å². The third-order valence-corrected chi connectivity index (χ3v) is 3.52. The number of nitrogens with zero attached hydrogens (tertiary/aromatic N) is 1. The van der Waals surface area contributed by atoms with Crippen molar-refractivity contribution in [2.75, 3.05) is 11.9 Å². The van der Waals surface area contributed by atoms with Crippen molar-refractivity contribution in [1.82, 2.24) is 0 Å². The molecular formula is C13H15NO3. The summed E-state index contributed by atoms with van der Waals surface area (Å²) in [6, 6.07) is 5.51. The molecule has 0 aromatic heterocycles. The molecule has 90 valence electrons. The van der Waals surface area contributed by atoms with Gasteiger partial charge in [0.05, 0.1) is 5.69 Å². The van der Waals surface area contributed by atoms with Gasteiger partial charge in [-0.2, -0.15) is 0 Å². The van der Waals surface area contributed by atoms with Crippen LogP contribution in [0.25, 0.3) is 0 Å². The van der Waals surface area contributed by atoms with E-state index in [1.807, 2.05) is 19.1 Å². The summed E-state index contributed by atoms with van der Waals surface area (Å²) < 4.78 is 0. The second-order valence-electron chi connectivity index (χ2n) is 4.74. The molecular weight excluding hydrogens is 218 g/mol. The zero-order valence-electron chi connectivity index (χ0n) is 10.2. The van der Waals surface area contributed by atoms with E-state index >= 15 is 0 Å². The second kappa shape index (κ2) is 3.58. The van der Waals surface area contributed by atoms with Gasteiger partial charge in [-0.15, -0.1) is 0 Å². The predicted molar refractivity (Wildman–Crippen MR) is 64.2 cm³/mol.